The van der Waals surface area contributed by atoms with Crippen LogP contribution < -0.4 is 0 Å². The van der Waals surface area contributed by atoms with Crippen LogP contribution in [0, 0.1) is 6.92 Å². The number of carboxylic acid groups (broad SMARTS) is 1. The fourth-order valence-corrected chi connectivity index (χ4v) is 3.35. The van der Waals surface area contributed by atoms with Crippen molar-refractivity contribution >= 4 is 44.8 Å². The van der Waals surface area contributed by atoms with E-state index in [9.17, 15) is 4.79 Å². The monoisotopic (exact) mass is 330 g/mol. The summed E-state index contributed by atoms with van der Waals surface area (Å²) >= 11 is 11.2. The SMILES string of the molecule is Cc1sc(-c2ccc(C(=O)O)cc2Cl)cc1Br. The Balaban J connectivity index is 2.50. The van der Waals surface area contributed by atoms with Gasteiger partial charge in [-0.1, -0.05) is 17.7 Å². The van der Waals surface area contributed by atoms with Gasteiger partial charge < -0.3 is 5.11 Å². The third-order valence-corrected chi connectivity index (χ3v) is 4.82. The van der Waals surface area contributed by atoms with E-state index in [2.05, 4.69) is 15.9 Å². The zero-order valence-electron chi connectivity index (χ0n) is 8.83. The van der Waals surface area contributed by atoms with Crippen molar-refractivity contribution in [3.63, 3.8) is 0 Å². The summed E-state index contributed by atoms with van der Waals surface area (Å²) in [6.07, 6.45) is 0. The van der Waals surface area contributed by atoms with Gasteiger partial charge in [0.15, 0.2) is 0 Å². The maximum absolute atomic E-state index is 10.8. The van der Waals surface area contributed by atoms with Crippen LogP contribution in [0.15, 0.2) is 28.7 Å². The smallest absolute Gasteiger partial charge is 0.335 e. The topological polar surface area (TPSA) is 37.3 Å². The Labute approximate surface area is 116 Å². The summed E-state index contributed by atoms with van der Waals surface area (Å²) in [5.74, 6) is -0.970. The first-order chi connectivity index (χ1) is 7.99. The number of hydrogen-bond acceptors (Lipinski definition) is 2. The van der Waals surface area contributed by atoms with Crippen LogP contribution in [0.3, 0.4) is 0 Å². The first-order valence-corrected chi connectivity index (χ1v) is 6.77. The first kappa shape index (κ1) is 12.6. The predicted molar refractivity (Wildman–Crippen MR) is 74.2 cm³/mol. The van der Waals surface area contributed by atoms with Crippen molar-refractivity contribution in [2.24, 2.45) is 0 Å². The second-order valence-electron chi connectivity index (χ2n) is 3.51. The predicted octanol–water partition coefficient (Wildman–Crippen LogP) is 4.84. The highest BCUT2D eigenvalue weighted by atomic mass is 79.9. The molecule has 0 atom stereocenters. The first-order valence-electron chi connectivity index (χ1n) is 4.78. The van der Waals surface area contributed by atoms with E-state index >= 15 is 0 Å². The van der Waals surface area contributed by atoms with Crippen LogP contribution in [-0.4, -0.2) is 11.1 Å². The van der Waals surface area contributed by atoms with Gasteiger partial charge in [-0.3, -0.25) is 0 Å². The maximum atomic E-state index is 10.8. The number of thiophene rings is 1. The van der Waals surface area contributed by atoms with Crippen molar-refractivity contribution in [1.82, 2.24) is 0 Å². The molecule has 1 aromatic heterocycles. The number of hydrogen-bond donors (Lipinski definition) is 1. The lowest BCUT2D eigenvalue weighted by Gasteiger charge is -2.02. The molecule has 2 nitrogen and oxygen atoms in total. The largest absolute Gasteiger partial charge is 0.478 e. The Morgan fingerprint density at radius 3 is 2.59 bits per heavy atom. The van der Waals surface area contributed by atoms with E-state index in [4.69, 9.17) is 16.7 Å². The minimum atomic E-state index is -0.970. The number of benzene rings is 1. The van der Waals surface area contributed by atoms with Crippen molar-refractivity contribution in [2.75, 3.05) is 0 Å². The molecular weight excluding hydrogens is 324 g/mol. The lowest BCUT2D eigenvalue weighted by molar-refractivity contribution is 0.0697. The summed E-state index contributed by atoms with van der Waals surface area (Å²) < 4.78 is 1.04. The summed E-state index contributed by atoms with van der Waals surface area (Å²) in [6.45, 7) is 2.01. The van der Waals surface area contributed by atoms with Gasteiger partial charge in [0.2, 0.25) is 0 Å². The Kier molecular flexibility index (Phi) is 3.56. The minimum absolute atomic E-state index is 0.200. The van der Waals surface area contributed by atoms with E-state index in [1.54, 1.807) is 23.5 Å². The number of carbonyl (C=O) groups is 1. The fraction of sp³-hybridized carbons (Fsp3) is 0.0833. The third-order valence-electron chi connectivity index (χ3n) is 2.34. The van der Waals surface area contributed by atoms with Crippen LogP contribution in [0.4, 0.5) is 0 Å². The Bertz CT molecular complexity index is 573. The maximum Gasteiger partial charge on any atom is 0.335 e. The Morgan fingerprint density at radius 2 is 2.12 bits per heavy atom. The highest BCUT2D eigenvalue weighted by Crippen LogP contribution is 2.37. The van der Waals surface area contributed by atoms with Crippen molar-refractivity contribution in [3.8, 4) is 10.4 Å². The van der Waals surface area contributed by atoms with Gasteiger partial charge in [0.05, 0.1) is 10.6 Å². The van der Waals surface area contributed by atoms with Gasteiger partial charge in [-0.2, -0.15) is 0 Å². The highest BCUT2D eigenvalue weighted by Gasteiger charge is 2.11. The standard InChI is InChI=1S/C12H8BrClO2S/c1-6-9(13)5-11(17-6)8-3-2-7(12(15)16)4-10(8)14/h2-5H,1H3,(H,15,16). The van der Waals surface area contributed by atoms with Crippen molar-refractivity contribution in [2.45, 2.75) is 6.92 Å². The molecule has 0 unspecified atom stereocenters. The summed E-state index contributed by atoms with van der Waals surface area (Å²) in [4.78, 5) is 13.0. The van der Waals surface area contributed by atoms with Crippen molar-refractivity contribution in [1.29, 1.82) is 0 Å². The quantitative estimate of drug-likeness (QED) is 0.855. The van der Waals surface area contributed by atoms with E-state index in [1.165, 1.54) is 10.9 Å². The lowest BCUT2D eigenvalue weighted by Crippen LogP contribution is -1.95. The van der Waals surface area contributed by atoms with E-state index < -0.39 is 5.97 Å². The van der Waals surface area contributed by atoms with Gasteiger partial charge in [0.1, 0.15) is 0 Å². The molecule has 1 aromatic carbocycles. The van der Waals surface area contributed by atoms with Gasteiger partial charge in [-0.05, 0) is 41.1 Å². The average Bonchev–Trinajstić information content (AvgIpc) is 2.58. The third kappa shape index (κ3) is 2.54. The molecule has 0 fully saturated rings. The van der Waals surface area contributed by atoms with Crippen molar-refractivity contribution in [3.05, 3.63) is 44.2 Å². The van der Waals surface area contributed by atoms with Gasteiger partial charge >= 0.3 is 5.97 Å². The summed E-state index contributed by atoms with van der Waals surface area (Å²) in [5.41, 5.74) is 1.06. The molecular formula is C12H8BrClO2S. The molecule has 0 amide bonds. The molecule has 0 saturated carbocycles. The van der Waals surface area contributed by atoms with Crippen LogP contribution in [0.5, 0.6) is 0 Å². The van der Waals surface area contributed by atoms with Gasteiger partial charge in [0, 0.05) is 19.8 Å². The molecule has 2 aromatic rings. The number of rotatable bonds is 2. The molecule has 17 heavy (non-hydrogen) atoms. The molecule has 0 aliphatic heterocycles. The van der Waals surface area contributed by atoms with Crippen LogP contribution in [0.25, 0.3) is 10.4 Å². The van der Waals surface area contributed by atoms with Gasteiger partial charge in [0.25, 0.3) is 0 Å². The molecule has 2 rings (SSSR count). The number of aromatic carboxylic acids is 1. The van der Waals surface area contributed by atoms with Crippen LogP contribution in [-0.2, 0) is 0 Å². The van der Waals surface area contributed by atoms with E-state index in [-0.39, 0.29) is 5.56 Å². The zero-order chi connectivity index (χ0) is 12.6. The second-order valence-corrected chi connectivity index (χ2v) is 6.03. The number of carboxylic acids is 1. The number of aryl methyl sites for hydroxylation is 1. The fourth-order valence-electron chi connectivity index (χ4n) is 1.44. The molecule has 0 radical (unpaired) electrons. The summed E-state index contributed by atoms with van der Waals surface area (Å²) in [5, 5.41) is 9.31. The number of halogens is 2. The molecule has 1 heterocycles. The van der Waals surface area contributed by atoms with Gasteiger partial charge in [-0.15, -0.1) is 11.3 Å². The normalized spacial score (nSPS) is 10.5. The zero-order valence-corrected chi connectivity index (χ0v) is 12.0. The molecule has 1 N–H and O–H groups in total. The highest BCUT2D eigenvalue weighted by molar-refractivity contribution is 9.10. The molecule has 0 spiro atoms. The molecule has 0 bridgehead atoms. The molecule has 0 saturated heterocycles. The molecule has 0 aliphatic carbocycles. The lowest BCUT2D eigenvalue weighted by atomic mass is 10.1. The van der Waals surface area contributed by atoms with Gasteiger partial charge in [-0.25, -0.2) is 4.79 Å². The average molecular weight is 332 g/mol. The van der Waals surface area contributed by atoms with Crippen molar-refractivity contribution < 1.29 is 9.90 Å². The molecule has 0 aliphatic rings. The van der Waals surface area contributed by atoms with Crippen LogP contribution >= 0.6 is 38.9 Å². The Morgan fingerprint density at radius 1 is 1.41 bits per heavy atom. The second kappa shape index (κ2) is 4.80. The van der Waals surface area contributed by atoms with Crippen LogP contribution in [0.2, 0.25) is 5.02 Å². The van der Waals surface area contributed by atoms with E-state index in [0.717, 1.165) is 14.9 Å². The van der Waals surface area contributed by atoms with E-state index in [1.807, 2.05) is 13.0 Å². The summed E-state index contributed by atoms with van der Waals surface area (Å²) in [7, 11) is 0. The molecule has 5 heteroatoms. The van der Waals surface area contributed by atoms with E-state index in [0.29, 0.717) is 5.02 Å². The van der Waals surface area contributed by atoms with Crippen LogP contribution in [0.1, 0.15) is 15.2 Å². The molecule has 88 valence electrons. The summed E-state index contributed by atoms with van der Waals surface area (Å²) in [6, 6.07) is 6.76. The Hall–Kier alpha value is -0.840. The minimum Gasteiger partial charge on any atom is -0.478 e.